The van der Waals surface area contributed by atoms with Gasteiger partial charge in [-0.3, -0.25) is 0 Å². The van der Waals surface area contributed by atoms with Gasteiger partial charge in [0.25, 0.3) is 0 Å². The zero-order chi connectivity index (χ0) is 16.2. The van der Waals surface area contributed by atoms with Crippen molar-refractivity contribution in [3.8, 4) is 0 Å². The Kier molecular flexibility index (Phi) is 5.64. The number of rotatable bonds is 8. The lowest BCUT2D eigenvalue weighted by molar-refractivity contribution is 0.498. The van der Waals surface area contributed by atoms with Crippen molar-refractivity contribution in [3.05, 3.63) is 40.6 Å². The van der Waals surface area contributed by atoms with Crippen molar-refractivity contribution in [3.63, 3.8) is 0 Å². The van der Waals surface area contributed by atoms with Crippen LogP contribution in [0.1, 0.15) is 5.76 Å². The standard InChI is InChI=1S/C11H13ClN2O5S3/c12-10-3-4-11(20-10)22(17,18)13-5-7-21(15,16)14-8-9-2-1-6-19-9/h1-4,6,13-14H,5,7-8H2. The Morgan fingerprint density at radius 2 is 1.91 bits per heavy atom. The summed E-state index contributed by atoms with van der Waals surface area (Å²) in [4.78, 5) is 0. The van der Waals surface area contributed by atoms with E-state index in [1.54, 1.807) is 12.1 Å². The van der Waals surface area contributed by atoms with Crippen LogP contribution in [-0.2, 0) is 26.6 Å². The molecular formula is C11H13ClN2O5S3. The second kappa shape index (κ2) is 7.11. The third-order valence-corrected chi connectivity index (χ3v) is 7.03. The van der Waals surface area contributed by atoms with Gasteiger partial charge in [0.15, 0.2) is 0 Å². The predicted molar refractivity (Wildman–Crippen MR) is 83.9 cm³/mol. The maximum Gasteiger partial charge on any atom is 0.250 e. The molecule has 122 valence electrons. The van der Waals surface area contributed by atoms with Crippen LogP contribution in [0, 0.1) is 0 Å². The molecular weight excluding hydrogens is 372 g/mol. The molecule has 0 bridgehead atoms. The largest absolute Gasteiger partial charge is 0.468 e. The van der Waals surface area contributed by atoms with Crippen molar-refractivity contribution in [1.29, 1.82) is 0 Å². The third-order valence-electron chi connectivity index (χ3n) is 2.52. The zero-order valence-electron chi connectivity index (χ0n) is 11.2. The molecule has 0 saturated carbocycles. The molecule has 0 unspecified atom stereocenters. The quantitative estimate of drug-likeness (QED) is 0.715. The summed E-state index contributed by atoms with van der Waals surface area (Å²) in [5.41, 5.74) is 0. The van der Waals surface area contributed by atoms with Crippen LogP contribution >= 0.6 is 22.9 Å². The lowest BCUT2D eigenvalue weighted by Gasteiger charge is -2.07. The third kappa shape index (κ3) is 5.07. The van der Waals surface area contributed by atoms with E-state index < -0.39 is 20.0 Å². The summed E-state index contributed by atoms with van der Waals surface area (Å²) in [5, 5.41) is 0. The predicted octanol–water partition coefficient (Wildman–Crippen LogP) is 1.39. The van der Waals surface area contributed by atoms with Crippen LogP contribution in [-0.4, -0.2) is 29.1 Å². The van der Waals surface area contributed by atoms with Crippen molar-refractivity contribution in [1.82, 2.24) is 9.44 Å². The average Bonchev–Trinajstić information content (AvgIpc) is 3.07. The van der Waals surface area contributed by atoms with Gasteiger partial charge in [0.2, 0.25) is 20.0 Å². The number of nitrogens with one attached hydrogen (secondary N) is 2. The molecule has 0 fully saturated rings. The van der Waals surface area contributed by atoms with E-state index in [-0.39, 0.29) is 23.1 Å². The number of sulfonamides is 2. The highest BCUT2D eigenvalue weighted by Gasteiger charge is 2.18. The van der Waals surface area contributed by atoms with Crippen molar-refractivity contribution in [2.24, 2.45) is 0 Å². The molecule has 0 radical (unpaired) electrons. The molecule has 2 aromatic heterocycles. The van der Waals surface area contributed by atoms with Gasteiger partial charge in [-0.15, -0.1) is 11.3 Å². The van der Waals surface area contributed by atoms with E-state index in [4.69, 9.17) is 16.0 Å². The summed E-state index contributed by atoms with van der Waals surface area (Å²) >= 11 is 6.57. The Balaban J connectivity index is 1.84. The van der Waals surface area contributed by atoms with E-state index in [0.717, 1.165) is 11.3 Å². The van der Waals surface area contributed by atoms with Gasteiger partial charge in [-0.25, -0.2) is 26.3 Å². The van der Waals surface area contributed by atoms with Crippen molar-refractivity contribution in [2.45, 2.75) is 10.8 Å². The van der Waals surface area contributed by atoms with Crippen LogP contribution in [0.15, 0.2) is 39.2 Å². The Labute approximate surface area is 137 Å². The van der Waals surface area contributed by atoms with Gasteiger partial charge in [-0.2, -0.15) is 0 Å². The molecule has 2 N–H and O–H groups in total. The van der Waals surface area contributed by atoms with E-state index >= 15 is 0 Å². The van der Waals surface area contributed by atoms with E-state index in [0.29, 0.717) is 10.1 Å². The molecule has 0 aromatic carbocycles. The summed E-state index contributed by atoms with van der Waals surface area (Å²) in [6.07, 6.45) is 1.43. The summed E-state index contributed by atoms with van der Waals surface area (Å²) in [7, 11) is -7.36. The molecule has 11 heteroatoms. The maximum absolute atomic E-state index is 11.9. The first kappa shape index (κ1) is 17.4. The Hall–Kier alpha value is -0.910. The summed E-state index contributed by atoms with van der Waals surface area (Å²) in [6, 6.07) is 6.09. The second-order valence-electron chi connectivity index (χ2n) is 4.18. The molecule has 0 aliphatic carbocycles. The summed E-state index contributed by atoms with van der Waals surface area (Å²) in [6.45, 7) is -0.228. The van der Waals surface area contributed by atoms with Gasteiger partial charge >= 0.3 is 0 Å². The molecule has 0 saturated heterocycles. The lowest BCUT2D eigenvalue weighted by atomic mass is 10.5. The molecule has 0 aliphatic heterocycles. The first-order valence-electron chi connectivity index (χ1n) is 6.03. The SMILES string of the molecule is O=S(=O)(CCNS(=O)(=O)c1ccc(Cl)s1)NCc1ccco1. The van der Waals surface area contributed by atoms with Crippen molar-refractivity contribution in [2.75, 3.05) is 12.3 Å². The molecule has 0 aliphatic rings. The highest BCUT2D eigenvalue weighted by atomic mass is 35.5. The van der Waals surface area contributed by atoms with Gasteiger partial charge < -0.3 is 4.42 Å². The second-order valence-corrected chi connectivity index (χ2v) is 9.81. The minimum absolute atomic E-state index is 0.0165. The van der Waals surface area contributed by atoms with Crippen LogP contribution in [0.25, 0.3) is 0 Å². The highest BCUT2D eigenvalue weighted by Crippen LogP contribution is 2.25. The molecule has 2 rings (SSSR count). The van der Waals surface area contributed by atoms with Gasteiger partial charge in [0.1, 0.15) is 9.97 Å². The van der Waals surface area contributed by atoms with Crippen LogP contribution in [0.4, 0.5) is 0 Å². The number of thiophene rings is 1. The topological polar surface area (TPSA) is 105 Å². The van der Waals surface area contributed by atoms with Gasteiger partial charge in [0.05, 0.1) is 22.9 Å². The Morgan fingerprint density at radius 1 is 1.14 bits per heavy atom. The minimum Gasteiger partial charge on any atom is -0.468 e. The molecule has 2 aromatic rings. The van der Waals surface area contributed by atoms with Crippen LogP contribution in [0.2, 0.25) is 4.34 Å². The fraction of sp³-hybridized carbons (Fsp3) is 0.273. The molecule has 0 atom stereocenters. The zero-order valence-corrected chi connectivity index (χ0v) is 14.4. The van der Waals surface area contributed by atoms with Crippen molar-refractivity contribution < 1.29 is 21.3 Å². The summed E-state index contributed by atoms with van der Waals surface area (Å²) < 4.78 is 57.2. The van der Waals surface area contributed by atoms with Gasteiger partial charge in [0, 0.05) is 6.54 Å². The first-order valence-corrected chi connectivity index (χ1v) is 10.4. The fourth-order valence-corrected chi connectivity index (χ4v) is 5.06. The lowest BCUT2D eigenvalue weighted by Crippen LogP contribution is -2.34. The van der Waals surface area contributed by atoms with Crippen LogP contribution < -0.4 is 9.44 Å². The van der Waals surface area contributed by atoms with E-state index in [1.807, 2.05) is 0 Å². The van der Waals surface area contributed by atoms with Gasteiger partial charge in [-0.05, 0) is 24.3 Å². The maximum atomic E-state index is 11.9. The van der Waals surface area contributed by atoms with E-state index in [9.17, 15) is 16.8 Å². The first-order chi connectivity index (χ1) is 10.3. The average molecular weight is 385 g/mol. The highest BCUT2D eigenvalue weighted by molar-refractivity contribution is 7.92. The van der Waals surface area contributed by atoms with Crippen molar-refractivity contribution >= 4 is 43.0 Å². The summed E-state index contributed by atoms with van der Waals surface area (Å²) in [5.74, 6) is 0.0869. The van der Waals surface area contributed by atoms with E-state index in [2.05, 4.69) is 9.44 Å². The molecule has 7 nitrogen and oxygen atoms in total. The van der Waals surface area contributed by atoms with E-state index in [1.165, 1.54) is 18.4 Å². The smallest absolute Gasteiger partial charge is 0.250 e. The number of hydrogen-bond acceptors (Lipinski definition) is 6. The molecule has 0 spiro atoms. The molecule has 0 amide bonds. The number of hydrogen-bond donors (Lipinski definition) is 2. The van der Waals surface area contributed by atoms with Crippen LogP contribution in [0.3, 0.4) is 0 Å². The normalized spacial score (nSPS) is 12.6. The number of furan rings is 1. The minimum atomic E-state index is -3.75. The fourth-order valence-electron chi connectivity index (χ4n) is 1.49. The Morgan fingerprint density at radius 3 is 2.50 bits per heavy atom. The molecule has 2 heterocycles. The Bertz CT molecular complexity index is 812. The van der Waals surface area contributed by atoms with Crippen LogP contribution in [0.5, 0.6) is 0 Å². The number of halogens is 1. The molecule has 22 heavy (non-hydrogen) atoms. The monoisotopic (exact) mass is 384 g/mol. The van der Waals surface area contributed by atoms with Gasteiger partial charge in [-0.1, -0.05) is 11.6 Å².